The highest BCUT2D eigenvalue weighted by Crippen LogP contribution is 2.38. The number of aromatic nitrogens is 2. The summed E-state index contributed by atoms with van der Waals surface area (Å²) in [5.74, 6) is 1.66. The van der Waals surface area contributed by atoms with Gasteiger partial charge >= 0.3 is 0 Å². The van der Waals surface area contributed by atoms with Gasteiger partial charge in [-0.05, 0) is 42.5 Å². The van der Waals surface area contributed by atoms with Crippen LogP contribution < -0.4 is 5.32 Å². The van der Waals surface area contributed by atoms with E-state index in [1.165, 1.54) is 19.3 Å². The van der Waals surface area contributed by atoms with Crippen LogP contribution in [0.3, 0.4) is 0 Å². The zero-order chi connectivity index (χ0) is 12.5. The minimum atomic E-state index is 0.309. The number of nitrogens with zero attached hydrogens (tertiary/aromatic N) is 2. The molecule has 1 aliphatic rings. The molecule has 2 aromatic rings. The molecular formula is C14H16ClN3. The number of rotatable bonds is 4. The van der Waals surface area contributed by atoms with E-state index in [1.54, 1.807) is 0 Å². The highest BCUT2D eigenvalue weighted by molar-refractivity contribution is 6.28. The average Bonchev–Trinajstić information content (AvgIpc) is 3.07. The smallest absolute Gasteiger partial charge is 0.224 e. The highest BCUT2D eigenvalue weighted by Gasteiger charge is 2.36. The van der Waals surface area contributed by atoms with Gasteiger partial charge in [0.05, 0.1) is 5.52 Å². The molecule has 1 aromatic carbocycles. The van der Waals surface area contributed by atoms with Crippen molar-refractivity contribution in [3.05, 3.63) is 29.5 Å². The molecule has 1 heterocycles. The lowest BCUT2D eigenvalue weighted by Crippen LogP contribution is -2.07. The number of fused-ring (bicyclic) bond motifs is 1. The molecule has 0 radical (unpaired) electrons. The monoisotopic (exact) mass is 261 g/mol. The molecule has 2 unspecified atom stereocenters. The van der Waals surface area contributed by atoms with Crippen molar-refractivity contribution in [1.82, 2.24) is 9.97 Å². The minimum absolute atomic E-state index is 0.309. The molecule has 1 aliphatic carbocycles. The molecule has 3 nitrogen and oxygen atoms in total. The Morgan fingerprint density at radius 3 is 3.00 bits per heavy atom. The van der Waals surface area contributed by atoms with Crippen molar-refractivity contribution in [2.45, 2.75) is 32.2 Å². The number of hydrogen-bond donors (Lipinski definition) is 1. The summed E-state index contributed by atoms with van der Waals surface area (Å²) in [6.45, 7) is 2.23. The van der Waals surface area contributed by atoms with Crippen LogP contribution in [0, 0.1) is 5.92 Å². The van der Waals surface area contributed by atoms with Gasteiger partial charge in [0.15, 0.2) is 0 Å². The molecule has 1 fully saturated rings. The Kier molecular flexibility index (Phi) is 3.08. The van der Waals surface area contributed by atoms with E-state index in [4.69, 9.17) is 11.6 Å². The fraction of sp³-hybridized carbons (Fsp3) is 0.429. The van der Waals surface area contributed by atoms with Crippen LogP contribution in [0.4, 0.5) is 5.82 Å². The van der Waals surface area contributed by atoms with Gasteiger partial charge in [-0.25, -0.2) is 9.97 Å². The average molecular weight is 262 g/mol. The first kappa shape index (κ1) is 11.7. The summed E-state index contributed by atoms with van der Waals surface area (Å²) in [6.07, 6.45) is 3.77. The normalized spacial score (nSPS) is 22.1. The van der Waals surface area contributed by atoms with Crippen molar-refractivity contribution in [2.24, 2.45) is 5.92 Å². The Morgan fingerprint density at radius 2 is 2.17 bits per heavy atom. The van der Waals surface area contributed by atoms with E-state index in [9.17, 15) is 0 Å². The van der Waals surface area contributed by atoms with Gasteiger partial charge in [0.1, 0.15) is 5.82 Å². The van der Waals surface area contributed by atoms with Crippen molar-refractivity contribution in [1.29, 1.82) is 0 Å². The summed E-state index contributed by atoms with van der Waals surface area (Å²) in [5.41, 5.74) is 0.896. The number of anilines is 1. The largest absolute Gasteiger partial charge is 0.366 e. The Bertz CT molecular complexity index is 570. The lowest BCUT2D eigenvalue weighted by molar-refractivity contribution is 0.692. The van der Waals surface area contributed by atoms with E-state index in [0.29, 0.717) is 11.3 Å². The molecule has 0 saturated heterocycles. The van der Waals surface area contributed by atoms with Gasteiger partial charge in [0.2, 0.25) is 5.28 Å². The van der Waals surface area contributed by atoms with Gasteiger partial charge in [-0.1, -0.05) is 25.5 Å². The van der Waals surface area contributed by atoms with E-state index >= 15 is 0 Å². The summed E-state index contributed by atoms with van der Waals surface area (Å²) in [5, 5.41) is 4.85. The zero-order valence-corrected chi connectivity index (χ0v) is 11.1. The van der Waals surface area contributed by atoms with Crippen LogP contribution in [0.1, 0.15) is 26.2 Å². The molecule has 18 heavy (non-hydrogen) atoms. The second-order valence-electron chi connectivity index (χ2n) is 4.89. The maximum Gasteiger partial charge on any atom is 0.224 e. The van der Waals surface area contributed by atoms with Crippen LogP contribution in [-0.2, 0) is 0 Å². The Labute approximate surface area is 112 Å². The van der Waals surface area contributed by atoms with Crippen LogP contribution in [0.15, 0.2) is 24.3 Å². The maximum absolute atomic E-state index is 5.96. The second-order valence-corrected chi connectivity index (χ2v) is 5.23. The highest BCUT2D eigenvalue weighted by atomic mass is 35.5. The molecule has 0 amide bonds. The summed E-state index contributed by atoms with van der Waals surface area (Å²) in [4.78, 5) is 8.55. The number of nitrogens with one attached hydrogen (secondary N) is 1. The van der Waals surface area contributed by atoms with Gasteiger partial charge in [-0.15, -0.1) is 0 Å². The zero-order valence-electron chi connectivity index (χ0n) is 10.4. The molecule has 0 bridgehead atoms. The SMILES string of the molecule is CCCC1CC1Nc1nc(Cl)nc2ccccc12. The first-order valence-electron chi connectivity index (χ1n) is 6.46. The summed E-state index contributed by atoms with van der Waals surface area (Å²) in [7, 11) is 0. The van der Waals surface area contributed by atoms with Crippen molar-refractivity contribution in [3.8, 4) is 0 Å². The molecule has 94 valence electrons. The number of halogens is 1. The molecule has 0 aliphatic heterocycles. The summed E-state index contributed by atoms with van der Waals surface area (Å²) in [6, 6.07) is 8.52. The van der Waals surface area contributed by atoms with Gasteiger partial charge < -0.3 is 5.32 Å². The standard InChI is InChI=1S/C14H16ClN3/c1-2-5-9-8-12(9)16-13-10-6-3-4-7-11(10)17-14(15)18-13/h3-4,6-7,9,12H,2,5,8H2,1H3,(H,16,17,18). The van der Waals surface area contributed by atoms with Gasteiger partial charge in [-0.3, -0.25) is 0 Å². The molecule has 1 saturated carbocycles. The van der Waals surface area contributed by atoms with E-state index < -0.39 is 0 Å². The lowest BCUT2D eigenvalue weighted by Gasteiger charge is -2.08. The van der Waals surface area contributed by atoms with E-state index in [1.807, 2.05) is 24.3 Å². The van der Waals surface area contributed by atoms with Gasteiger partial charge in [0.25, 0.3) is 0 Å². The van der Waals surface area contributed by atoms with E-state index in [-0.39, 0.29) is 0 Å². The van der Waals surface area contributed by atoms with Crippen molar-refractivity contribution in [2.75, 3.05) is 5.32 Å². The first-order chi connectivity index (χ1) is 8.78. The van der Waals surface area contributed by atoms with Crippen LogP contribution in [0.5, 0.6) is 0 Å². The predicted octanol–water partition coefficient (Wildman–Crippen LogP) is 3.88. The van der Waals surface area contributed by atoms with Gasteiger partial charge in [0, 0.05) is 11.4 Å². The lowest BCUT2D eigenvalue weighted by atomic mass is 10.2. The van der Waals surface area contributed by atoms with E-state index in [0.717, 1.165) is 22.6 Å². The quantitative estimate of drug-likeness (QED) is 0.849. The van der Waals surface area contributed by atoms with Crippen molar-refractivity contribution in [3.63, 3.8) is 0 Å². The molecule has 2 atom stereocenters. The van der Waals surface area contributed by atoms with E-state index in [2.05, 4.69) is 22.2 Å². The minimum Gasteiger partial charge on any atom is -0.366 e. The first-order valence-corrected chi connectivity index (χ1v) is 6.84. The second kappa shape index (κ2) is 4.73. The van der Waals surface area contributed by atoms with Crippen molar-refractivity contribution >= 4 is 28.3 Å². The third-order valence-electron chi connectivity index (χ3n) is 3.48. The molecule has 1 N–H and O–H groups in total. The Balaban J connectivity index is 1.87. The van der Waals surface area contributed by atoms with Crippen LogP contribution >= 0.6 is 11.6 Å². The third-order valence-corrected chi connectivity index (χ3v) is 3.65. The molecule has 4 heteroatoms. The molecule has 0 spiro atoms. The summed E-state index contributed by atoms with van der Waals surface area (Å²) < 4.78 is 0. The van der Waals surface area contributed by atoms with Crippen LogP contribution in [-0.4, -0.2) is 16.0 Å². The topological polar surface area (TPSA) is 37.8 Å². The molecular weight excluding hydrogens is 246 g/mol. The Morgan fingerprint density at radius 1 is 1.33 bits per heavy atom. The van der Waals surface area contributed by atoms with Gasteiger partial charge in [-0.2, -0.15) is 0 Å². The van der Waals surface area contributed by atoms with Crippen LogP contribution in [0.25, 0.3) is 10.9 Å². The summed E-state index contributed by atoms with van der Waals surface area (Å²) >= 11 is 5.96. The Hall–Kier alpha value is -1.35. The predicted molar refractivity (Wildman–Crippen MR) is 75.0 cm³/mol. The molecule has 1 aromatic heterocycles. The molecule has 3 rings (SSSR count). The number of benzene rings is 1. The van der Waals surface area contributed by atoms with Crippen molar-refractivity contribution < 1.29 is 0 Å². The maximum atomic E-state index is 5.96. The fourth-order valence-corrected chi connectivity index (χ4v) is 2.62. The van der Waals surface area contributed by atoms with Crippen LogP contribution in [0.2, 0.25) is 5.28 Å². The fourth-order valence-electron chi connectivity index (χ4n) is 2.45. The number of para-hydroxylation sites is 1. The third kappa shape index (κ3) is 2.27. The number of hydrogen-bond acceptors (Lipinski definition) is 3.